The molecule has 12 heavy (non-hydrogen) atoms. The van der Waals surface area contributed by atoms with Crippen molar-refractivity contribution in [1.29, 1.82) is 0 Å². The summed E-state index contributed by atoms with van der Waals surface area (Å²) in [5.74, 6) is -0.228. The Morgan fingerprint density at radius 3 is 2.92 bits per heavy atom. The summed E-state index contributed by atoms with van der Waals surface area (Å²) in [4.78, 5) is 0. The van der Waals surface area contributed by atoms with E-state index in [4.69, 9.17) is 5.73 Å². The van der Waals surface area contributed by atoms with Crippen molar-refractivity contribution in [2.24, 2.45) is 0 Å². The normalized spacial score (nSPS) is 10.8. The lowest BCUT2D eigenvalue weighted by molar-refractivity contribution is 0.625. The maximum atomic E-state index is 13.0. The summed E-state index contributed by atoms with van der Waals surface area (Å²) in [5, 5.41) is 0. The molecule has 0 saturated carbocycles. The third kappa shape index (κ3) is 2.09. The van der Waals surface area contributed by atoms with E-state index in [1.54, 1.807) is 18.2 Å². The molecule has 64 valence electrons. The number of halogens is 1. The van der Waals surface area contributed by atoms with Crippen molar-refractivity contribution in [3.05, 3.63) is 35.7 Å². The van der Waals surface area contributed by atoms with Crippen molar-refractivity contribution in [3.8, 4) is 0 Å². The standard InChI is InChI=1S/C10H12FN/c1-2-3-4-8-7-9(12)5-6-10(8)11/h3-7H,2,12H2,1H3/b4-3+. The lowest BCUT2D eigenvalue weighted by atomic mass is 10.1. The van der Waals surface area contributed by atoms with Gasteiger partial charge in [0.25, 0.3) is 0 Å². The molecule has 0 aliphatic carbocycles. The number of nitrogens with two attached hydrogens (primary N) is 1. The molecule has 2 heteroatoms. The number of benzene rings is 1. The topological polar surface area (TPSA) is 26.0 Å². The predicted octanol–water partition coefficient (Wildman–Crippen LogP) is 2.83. The monoisotopic (exact) mass is 165 g/mol. The zero-order chi connectivity index (χ0) is 8.97. The number of anilines is 1. The largest absolute Gasteiger partial charge is 0.399 e. The highest BCUT2D eigenvalue weighted by Gasteiger charge is 1.96. The van der Waals surface area contributed by atoms with Crippen LogP contribution >= 0.6 is 0 Å². The Bertz CT molecular complexity index is 292. The average molecular weight is 165 g/mol. The zero-order valence-electron chi connectivity index (χ0n) is 7.05. The molecule has 0 amide bonds. The molecule has 2 N–H and O–H groups in total. The van der Waals surface area contributed by atoms with Gasteiger partial charge in [-0.3, -0.25) is 0 Å². The first-order chi connectivity index (χ1) is 5.74. The Kier molecular flexibility index (Phi) is 2.86. The van der Waals surface area contributed by atoms with Gasteiger partial charge in [0, 0.05) is 11.3 Å². The van der Waals surface area contributed by atoms with Crippen LogP contribution in [0.5, 0.6) is 0 Å². The maximum absolute atomic E-state index is 13.0. The number of allylic oxidation sites excluding steroid dienone is 1. The summed E-state index contributed by atoms with van der Waals surface area (Å²) in [6, 6.07) is 4.56. The number of hydrogen-bond donors (Lipinski definition) is 1. The highest BCUT2D eigenvalue weighted by molar-refractivity contribution is 5.56. The molecule has 0 heterocycles. The van der Waals surface area contributed by atoms with E-state index < -0.39 is 0 Å². The van der Waals surface area contributed by atoms with Crippen molar-refractivity contribution in [2.45, 2.75) is 13.3 Å². The third-order valence-corrected chi connectivity index (χ3v) is 1.55. The molecule has 0 unspecified atom stereocenters. The third-order valence-electron chi connectivity index (χ3n) is 1.55. The Balaban J connectivity index is 2.97. The summed E-state index contributed by atoms with van der Waals surface area (Å²) in [5.41, 5.74) is 6.64. The molecule has 0 spiro atoms. The van der Waals surface area contributed by atoms with E-state index >= 15 is 0 Å². The van der Waals surface area contributed by atoms with Gasteiger partial charge in [0.2, 0.25) is 0 Å². The fraction of sp³-hybridized carbons (Fsp3) is 0.200. The summed E-state index contributed by atoms with van der Waals surface area (Å²) in [6.07, 6.45) is 4.54. The number of nitrogen functional groups attached to an aromatic ring is 1. The molecule has 0 radical (unpaired) electrons. The molecule has 0 aliphatic rings. The summed E-state index contributed by atoms with van der Waals surface area (Å²) < 4.78 is 13.0. The van der Waals surface area contributed by atoms with Crippen LogP contribution in [-0.4, -0.2) is 0 Å². The fourth-order valence-electron chi connectivity index (χ4n) is 0.935. The highest BCUT2D eigenvalue weighted by Crippen LogP contribution is 2.13. The van der Waals surface area contributed by atoms with Crippen LogP contribution in [0.2, 0.25) is 0 Å². The number of rotatable bonds is 2. The van der Waals surface area contributed by atoms with Gasteiger partial charge >= 0.3 is 0 Å². The second-order valence-corrected chi connectivity index (χ2v) is 2.59. The first-order valence-corrected chi connectivity index (χ1v) is 3.95. The average Bonchev–Trinajstić information content (AvgIpc) is 2.07. The molecule has 0 fully saturated rings. The van der Waals surface area contributed by atoms with Gasteiger partial charge in [0.15, 0.2) is 0 Å². The van der Waals surface area contributed by atoms with Crippen molar-refractivity contribution in [1.82, 2.24) is 0 Å². The minimum absolute atomic E-state index is 0.228. The SMILES string of the molecule is CC/C=C/c1cc(N)ccc1F. The van der Waals surface area contributed by atoms with E-state index in [0.29, 0.717) is 11.3 Å². The van der Waals surface area contributed by atoms with Gasteiger partial charge < -0.3 is 5.73 Å². The van der Waals surface area contributed by atoms with Crippen LogP contribution in [0.1, 0.15) is 18.9 Å². The van der Waals surface area contributed by atoms with Crippen LogP contribution in [0.4, 0.5) is 10.1 Å². The Morgan fingerprint density at radius 1 is 1.50 bits per heavy atom. The Morgan fingerprint density at radius 2 is 2.25 bits per heavy atom. The second-order valence-electron chi connectivity index (χ2n) is 2.59. The number of hydrogen-bond acceptors (Lipinski definition) is 1. The first kappa shape index (κ1) is 8.78. The fourth-order valence-corrected chi connectivity index (χ4v) is 0.935. The van der Waals surface area contributed by atoms with Crippen molar-refractivity contribution in [2.75, 3.05) is 5.73 Å². The van der Waals surface area contributed by atoms with E-state index in [-0.39, 0.29) is 5.82 Å². The minimum atomic E-state index is -0.228. The van der Waals surface area contributed by atoms with E-state index in [2.05, 4.69) is 0 Å². The Hall–Kier alpha value is -1.31. The van der Waals surface area contributed by atoms with Crippen LogP contribution in [0.3, 0.4) is 0 Å². The van der Waals surface area contributed by atoms with E-state index in [0.717, 1.165) is 6.42 Å². The van der Waals surface area contributed by atoms with Gasteiger partial charge in [-0.1, -0.05) is 19.1 Å². The van der Waals surface area contributed by atoms with Gasteiger partial charge in [0.05, 0.1) is 0 Å². The first-order valence-electron chi connectivity index (χ1n) is 3.95. The molecule has 0 saturated heterocycles. The summed E-state index contributed by atoms with van der Waals surface area (Å²) in [6.45, 7) is 2.00. The molecule has 0 aliphatic heterocycles. The lowest BCUT2D eigenvalue weighted by Gasteiger charge is -1.97. The van der Waals surface area contributed by atoms with Crippen molar-refractivity contribution < 1.29 is 4.39 Å². The lowest BCUT2D eigenvalue weighted by Crippen LogP contribution is -1.87. The molecule has 0 bridgehead atoms. The van der Waals surface area contributed by atoms with Gasteiger partial charge in [0.1, 0.15) is 5.82 Å². The van der Waals surface area contributed by atoms with Gasteiger partial charge in [-0.2, -0.15) is 0 Å². The van der Waals surface area contributed by atoms with Crippen LogP contribution in [0.15, 0.2) is 24.3 Å². The molecule has 0 atom stereocenters. The summed E-state index contributed by atoms with van der Waals surface area (Å²) in [7, 11) is 0. The van der Waals surface area contributed by atoms with E-state index in [1.165, 1.54) is 6.07 Å². The molecular formula is C10H12FN. The smallest absolute Gasteiger partial charge is 0.130 e. The Labute approximate surface area is 71.7 Å². The quantitative estimate of drug-likeness (QED) is 0.670. The van der Waals surface area contributed by atoms with E-state index in [1.807, 2.05) is 13.0 Å². The van der Waals surface area contributed by atoms with Crippen LogP contribution < -0.4 is 5.73 Å². The van der Waals surface area contributed by atoms with Gasteiger partial charge in [-0.15, -0.1) is 0 Å². The van der Waals surface area contributed by atoms with Gasteiger partial charge in [-0.05, 0) is 24.6 Å². The second kappa shape index (κ2) is 3.90. The maximum Gasteiger partial charge on any atom is 0.130 e. The minimum Gasteiger partial charge on any atom is -0.399 e. The molecule has 1 rings (SSSR count). The van der Waals surface area contributed by atoms with Crippen LogP contribution in [0, 0.1) is 5.82 Å². The molecular weight excluding hydrogens is 153 g/mol. The zero-order valence-corrected chi connectivity index (χ0v) is 7.05. The van der Waals surface area contributed by atoms with Crippen molar-refractivity contribution in [3.63, 3.8) is 0 Å². The van der Waals surface area contributed by atoms with Crippen molar-refractivity contribution >= 4 is 11.8 Å². The highest BCUT2D eigenvalue weighted by atomic mass is 19.1. The molecule has 1 aromatic rings. The molecule has 1 aromatic carbocycles. The van der Waals surface area contributed by atoms with E-state index in [9.17, 15) is 4.39 Å². The predicted molar refractivity (Wildman–Crippen MR) is 50.1 cm³/mol. The van der Waals surface area contributed by atoms with Gasteiger partial charge in [-0.25, -0.2) is 4.39 Å². The summed E-state index contributed by atoms with van der Waals surface area (Å²) >= 11 is 0. The molecule has 1 nitrogen and oxygen atoms in total. The van der Waals surface area contributed by atoms with Crippen LogP contribution in [-0.2, 0) is 0 Å². The van der Waals surface area contributed by atoms with Crippen LogP contribution in [0.25, 0.3) is 6.08 Å². The molecule has 0 aromatic heterocycles.